The Morgan fingerprint density at radius 2 is 2.32 bits per heavy atom. The summed E-state index contributed by atoms with van der Waals surface area (Å²) in [5.41, 5.74) is 0.286. The fourth-order valence-corrected chi connectivity index (χ4v) is 3.53. The highest BCUT2D eigenvalue weighted by Gasteiger charge is 2.53. The summed E-state index contributed by atoms with van der Waals surface area (Å²) in [6.45, 7) is 0. The zero-order valence-corrected chi connectivity index (χ0v) is 11.9. The largest absolute Gasteiger partial charge is 0.466 e. The first kappa shape index (κ1) is 11.5. The van der Waals surface area contributed by atoms with Gasteiger partial charge in [-0.25, -0.2) is 4.79 Å². The number of amides is 2. The van der Waals surface area contributed by atoms with Gasteiger partial charge < -0.3 is 10.1 Å². The molecule has 2 N–H and O–H groups in total. The topological polar surface area (TPSA) is 63.2 Å². The first-order chi connectivity index (χ1) is 9.16. The lowest BCUT2D eigenvalue weighted by molar-refractivity contribution is -0.0800. The summed E-state index contributed by atoms with van der Waals surface area (Å²) in [5, 5.41) is 5.95. The lowest BCUT2D eigenvalue weighted by Gasteiger charge is -2.52. The van der Waals surface area contributed by atoms with Gasteiger partial charge in [-0.3, -0.25) is 10.3 Å². The van der Waals surface area contributed by atoms with Crippen molar-refractivity contribution in [1.82, 2.24) is 15.6 Å². The molecule has 2 aliphatic heterocycles. The Balaban J connectivity index is 1.80. The molecule has 2 unspecified atom stereocenters. The summed E-state index contributed by atoms with van der Waals surface area (Å²) < 4.78 is 7.07. The lowest BCUT2D eigenvalue weighted by atomic mass is 9.73. The number of nitrogens with one attached hydrogen (secondary N) is 2. The van der Waals surface area contributed by atoms with E-state index in [1.54, 1.807) is 6.20 Å². The van der Waals surface area contributed by atoms with Crippen molar-refractivity contribution in [3.8, 4) is 5.75 Å². The number of carbonyl (C=O) groups is 1. The van der Waals surface area contributed by atoms with Crippen LogP contribution in [0.1, 0.15) is 37.4 Å². The van der Waals surface area contributed by atoms with Crippen molar-refractivity contribution < 1.29 is 9.53 Å². The molecule has 2 amide bonds. The summed E-state index contributed by atoms with van der Waals surface area (Å²) >= 11 is 3.42. The molecule has 3 aliphatic rings. The number of carbonyl (C=O) groups excluding carboxylic acids is 1. The van der Waals surface area contributed by atoms with Gasteiger partial charge >= 0.3 is 6.03 Å². The average molecular weight is 324 g/mol. The van der Waals surface area contributed by atoms with E-state index in [2.05, 4.69) is 31.5 Å². The van der Waals surface area contributed by atoms with Gasteiger partial charge in [0, 0.05) is 23.0 Å². The van der Waals surface area contributed by atoms with Crippen LogP contribution in [0.15, 0.2) is 16.7 Å². The normalized spacial score (nSPS) is 32.5. The van der Waals surface area contributed by atoms with Crippen LogP contribution < -0.4 is 15.4 Å². The molecule has 0 spiro atoms. The molecule has 2 fully saturated rings. The summed E-state index contributed by atoms with van der Waals surface area (Å²) in [6.07, 6.45) is 5.94. The van der Waals surface area contributed by atoms with E-state index in [9.17, 15) is 4.79 Å². The molecule has 2 atom stereocenters. The van der Waals surface area contributed by atoms with Crippen molar-refractivity contribution in [3.05, 3.63) is 22.4 Å². The number of nitrogens with zero attached hydrogens (tertiary/aromatic N) is 1. The zero-order valence-electron chi connectivity index (χ0n) is 10.3. The van der Waals surface area contributed by atoms with Crippen molar-refractivity contribution in [2.75, 3.05) is 0 Å². The molecule has 1 saturated carbocycles. The van der Waals surface area contributed by atoms with E-state index in [1.165, 1.54) is 6.42 Å². The van der Waals surface area contributed by atoms with E-state index in [-0.39, 0.29) is 12.1 Å². The number of urea groups is 1. The second kappa shape index (κ2) is 3.85. The van der Waals surface area contributed by atoms with Crippen molar-refractivity contribution in [1.29, 1.82) is 0 Å². The van der Waals surface area contributed by atoms with Crippen LogP contribution in [0, 0.1) is 5.92 Å². The number of hydrogen-bond donors (Lipinski definition) is 2. The average Bonchev–Trinajstić information content (AvgIpc) is 2.24. The number of fused-ring (bicyclic) bond motifs is 4. The minimum Gasteiger partial charge on any atom is -0.466 e. The third-order valence-electron chi connectivity index (χ3n) is 4.37. The van der Waals surface area contributed by atoms with Gasteiger partial charge in [0.15, 0.2) is 5.72 Å². The predicted molar refractivity (Wildman–Crippen MR) is 71.7 cm³/mol. The molecule has 0 radical (unpaired) electrons. The Kier molecular flexibility index (Phi) is 2.33. The molecule has 100 valence electrons. The van der Waals surface area contributed by atoms with Gasteiger partial charge in [0.1, 0.15) is 11.4 Å². The Morgan fingerprint density at radius 1 is 1.47 bits per heavy atom. The van der Waals surface area contributed by atoms with Crippen LogP contribution >= 0.6 is 15.9 Å². The van der Waals surface area contributed by atoms with Crippen molar-refractivity contribution >= 4 is 22.0 Å². The molecule has 4 rings (SSSR count). The maximum absolute atomic E-state index is 11.9. The number of halogens is 1. The summed E-state index contributed by atoms with van der Waals surface area (Å²) in [5.74, 6) is 1.18. The molecular weight excluding hydrogens is 310 g/mol. The van der Waals surface area contributed by atoms with Crippen LogP contribution in [-0.2, 0) is 0 Å². The SMILES string of the molecule is O=C1NC2CC(C3CCC3)(N1)Oc1cc(Br)cnc12. The lowest BCUT2D eigenvalue weighted by Crippen LogP contribution is -2.68. The van der Waals surface area contributed by atoms with Crippen LogP contribution in [0.2, 0.25) is 0 Å². The number of hydrogen-bond acceptors (Lipinski definition) is 3. The van der Waals surface area contributed by atoms with Crippen LogP contribution in [-0.4, -0.2) is 16.7 Å². The highest BCUT2D eigenvalue weighted by Crippen LogP contribution is 2.48. The van der Waals surface area contributed by atoms with E-state index < -0.39 is 5.72 Å². The van der Waals surface area contributed by atoms with E-state index in [0.717, 1.165) is 35.2 Å². The van der Waals surface area contributed by atoms with Crippen molar-refractivity contribution in [3.63, 3.8) is 0 Å². The first-order valence-electron chi connectivity index (χ1n) is 6.59. The van der Waals surface area contributed by atoms with Gasteiger partial charge in [-0.2, -0.15) is 0 Å². The van der Waals surface area contributed by atoms with E-state index in [0.29, 0.717) is 5.92 Å². The maximum atomic E-state index is 11.9. The van der Waals surface area contributed by atoms with Crippen molar-refractivity contribution in [2.45, 2.75) is 37.5 Å². The fourth-order valence-electron chi connectivity index (χ4n) is 3.22. The Morgan fingerprint density at radius 3 is 3.05 bits per heavy atom. The zero-order chi connectivity index (χ0) is 13.0. The minimum atomic E-state index is -0.541. The quantitative estimate of drug-likeness (QED) is 0.834. The van der Waals surface area contributed by atoms with Gasteiger partial charge in [0.25, 0.3) is 0 Å². The van der Waals surface area contributed by atoms with Gasteiger partial charge in [0.2, 0.25) is 0 Å². The van der Waals surface area contributed by atoms with Gasteiger partial charge in [0.05, 0.1) is 6.04 Å². The molecule has 3 heterocycles. The van der Waals surface area contributed by atoms with Crippen LogP contribution in [0.3, 0.4) is 0 Å². The second-order valence-electron chi connectivity index (χ2n) is 5.51. The molecule has 2 bridgehead atoms. The monoisotopic (exact) mass is 323 g/mol. The first-order valence-corrected chi connectivity index (χ1v) is 7.39. The van der Waals surface area contributed by atoms with Gasteiger partial charge in [-0.1, -0.05) is 6.42 Å². The van der Waals surface area contributed by atoms with E-state index in [1.807, 2.05) is 6.07 Å². The number of rotatable bonds is 1. The van der Waals surface area contributed by atoms with Crippen LogP contribution in [0.5, 0.6) is 5.75 Å². The highest BCUT2D eigenvalue weighted by atomic mass is 79.9. The number of aromatic nitrogens is 1. The minimum absolute atomic E-state index is 0.0498. The standard InChI is InChI=1S/C13H14BrN3O2/c14-8-4-10-11(15-6-8)9-5-13(19-10,7-2-1-3-7)17-12(18)16-9/h4,6-7,9H,1-3,5H2,(H2,16,17,18). The maximum Gasteiger partial charge on any atom is 0.318 e. The molecule has 1 saturated heterocycles. The smallest absolute Gasteiger partial charge is 0.318 e. The number of ether oxygens (including phenoxy) is 1. The van der Waals surface area contributed by atoms with Crippen LogP contribution in [0.4, 0.5) is 4.79 Å². The van der Waals surface area contributed by atoms with Gasteiger partial charge in [-0.05, 0) is 34.8 Å². The molecular formula is C13H14BrN3O2. The Bertz CT molecular complexity index is 561. The summed E-state index contributed by atoms with van der Waals surface area (Å²) in [6, 6.07) is 1.73. The van der Waals surface area contributed by atoms with Crippen LogP contribution in [0.25, 0.3) is 0 Å². The molecule has 1 aliphatic carbocycles. The summed E-state index contributed by atoms with van der Waals surface area (Å²) in [7, 11) is 0. The molecule has 0 aromatic carbocycles. The van der Waals surface area contributed by atoms with E-state index in [4.69, 9.17) is 4.74 Å². The molecule has 19 heavy (non-hydrogen) atoms. The fraction of sp³-hybridized carbons (Fsp3) is 0.538. The van der Waals surface area contributed by atoms with Crippen molar-refractivity contribution in [2.24, 2.45) is 5.92 Å². The Labute approximate surface area is 119 Å². The predicted octanol–water partition coefficient (Wildman–Crippen LogP) is 2.48. The molecule has 5 nitrogen and oxygen atoms in total. The molecule has 1 aromatic rings. The highest BCUT2D eigenvalue weighted by molar-refractivity contribution is 9.10. The Hall–Kier alpha value is -1.30. The molecule has 6 heteroatoms. The van der Waals surface area contributed by atoms with Gasteiger partial charge in [-0.15, -0.1) is 0 Å². The summed E-state index contributed by atoms with van der Waals surface area (Å²) in [4.78, 5) is 16.3. The third-order valence-corrected chi connectivity index (χ3v) is 4.81. The number of pyridine rings is 1. The van der Waals surface area contributed by atoms with E-state index >= 15 is 0 Å². The molecule has 1 aromatic heterocycles. The second-order valence-corrected chi connectivity index (χ2v) is 6.43. The third kappa shape index (κ3) is 1.65.